The van der Waals surface area contributed by atoms with Crippen LogP contribution in [-0.2, 0) is 6.54 Å². The largest absolute Gasteiger partial charge is 0.404 e. The Morgan fingerprint density at radius 1 is 1.30 bits per heavy atom. The average Bonchev–Trinajstić information content (AvgIpc) is 2.81. The lowest BCUT2D eigenvalue weighted by molar-refractivity contribution is 0.628. The summed E-state index contributed by atoms with van der Waals surface area (Å²) in [5, 5.41) is 8.41. The zero-order valence-corrected chi connectivity index (χ0v) is 18.2. The van der Waals surface area contributed by atoms with Crippen LogP contribution in [0.25, 0.3) is 32.0 Å². The van der Waals surface area contributed by atoms with E-state index < -0.39 is 11.4 Å². The second-order valence-electron chi connectivity index (χ2n) is 7.15. The second-order valence-corrected chi connectivity index (χ2v) is 7.56. The minimum absolute atomic E-state index is 0.0298. The van der Waals surface area contributed by atoms with Gasteiger partial charge in [-0.05, 0) is 34.5 Å². The van der Waals surface area contributed by atoms with Crippen molar-refractivity contribution in [1.29, 1.82) is 0 Å². The normalized spacial score (nSPS) is 12.3. The molecule has 0 aliphatic carbocycles. The van der Waals surface area contributed by atoms with Gasteiger partial charge in [0, 0.05) is 36.3 Å². The molecule has 3 aromatic carbocycles. The highest BCUT2D eigenvalue weighted by atomic mass is 35.5. The van der Waals surface area contributed by atoms with Crippen LogP contribution in [0, 0.1) is 12.4 Å². The average molecular weight is 461 g/mol. The summed E-state index contributed by atoms with van der Waals surface area (Å²) in [6.07, 6.45) is 1.27. The number of aliphatic imine (C=N–C) groups is 1. The van der Waals surface area contributed by atoms with Gasteiger partial charge in [0.15, 0.2) is 0 Å². The maximum atomic E-state index is 15.3. The fraction of sp³-hybridized carbons (Fsp3) is 0.0833. The van der Waals surface area contributed by atoms with Gasteiger partial charge in [0.2, 0.25) is 5.69 Å². The van der Waals surface area contributed by atoms with Crippen LogP contribution in [0.4, 0.5) is 10.1 Å². The van der Waals surface area contributed by atoms with Gasteiger partial charge in [-0.25, -0.2) is 14.3 Å². The first-order valence-corrected chi connectivity index (χ1v) is 10.2. The summed E-state index contributed by atoms with van der Waals surface area (Å²) in [6, 6.07) is 11.6. The van der Waals surface area contributed by atoms with Crippen LogP contribution in [0.1, 0.15) is 16.8 Å². The van der Waals surface area contributed by atoms with E-state index in [2.05, 4.69) is 20.0 Å². The maximum absolute atomic E-state index is 15.3. The number of fused-ring (bicyclic) bond motifs is 2. The van der Waals surface area contributed by atoms with E-state index in [1.165, 1.54) is 19.3 Å². The summed E-state index contributed by atoms with van der Waals surface area (Å²) >= 11 is 6.44. The van der Waals surface area contributed by atoms with Crippen molar-refractivity contribution in [2.45, 2.75) is 6.54 Å². The molecule has 0 spiro atoms. The van der Waals surface area contributed by atoms with Gasteiger partial charge < -0.3 is 11.5 Å². The molecule has 0 aliphatic rings. The Morgan fingerprint density at radius 3 is 2.73 bits per heavy atom. The Labute approximate surface area is 193 Å². The molecule has 1 aromatic heterocycles. The first kappa shape index (κ1) is 22.1. The molecule has 0 radical (unpaired) electrons. The van der Waals surface area contributed by atoms with Crippen LogP contribution in [0.5, 0.6) is 0 Å². The van der Waals surface area contributed by atoms with Crippen LogP contribution >= 0.6 is 11.6 Å². The molecule has 7 nitrogen and oxygen atoms in total. The fourth-order valence-corrected chi connectivity index (χ4v) is 4.23. The number of nitrogens with zero attached hydrogens (tertiary/aromatic N) is 3. The third-order valence-electron chi connectivity index (χ3n) is 5.39. The van der Waals surface area contributed by atoms with E-state index in [1.54, 1.807) is 36.4 Å². The number of hydrogen-bond donors (Lipinski definition) is 3. The summed E-state index contributed by atoms with van der Waals surface area (Å²) in [4.78, 5) is 20.2. The number of nitrogens with one attached hydrogen (secondary N) is 1. The minimum atomic E-state index is -0.604. The molecule has 0 saturated carbocycles. The number of H-pyrrole nitrogens is 1. The monoisotopic (exact) mass is 460 g/mol. The Kier molecular flexibility index (Phi) is 5.92. The molecule has 5 N–H and O–H groups in total. The van der Waals surface area contributed by atoms with Gasteiger partial charge in [0.25, 0.3) is 5.56 Å². The van der Waals surface area contributed by atoms with E-state index in [0.29, 0.717) is 33.0 Å². The topological polar surface area (TPSA) is 115 Å². The molecular formula is C24H18ClFN6O. The van der Waals surface area contributed by atoms with Crippen molar-refractivity contribution >= 4 is 50.1 Å². The molecule has 0 fully saturated rings. The van der Waals surface area contributed by atoms with Crippen LogP contribution in [0.2, 0.25) is 5.02 Å². The highest BCUT2D eigenvalue weighted by Crippen LogP contribution is 2.37. The molecule has 0 bridgehead atoms. The van der Waals surface area contributed by atoms with Crippen molar-refractivity contribution in [2.75, 3.05) is 7.05 Å². The van der Waals surface area contributed by atoms with Crippen LogP contribution in [0.3, 0.4) is 0 Å². The number of halogens is 2. The van der Waals surface area contributed by atoms with Gasteiger partial charge in [-0.3, -0.25) is 9.79 Å². The summed E-state index contributed by atoms with van der Waals surface area (Å²) in [7, 11) is 1.49. The minimum Gasteiger partial charge on any atom is -0.404 e. The number of nitrogens with two attached hydrogens (primary N) is 2. The fourth-order valence-electron chi connectivity index (χ4n) is 3.93. The number of hydrogen-bond acceptors (Lipinski definition) is 5. The molecule has 0 amide bonds. The molecule has 0 atom stereocenters. The SMILES string of the molecule is [C-]#[N+]c1c(C(=NC)/C(=C\N)c2cc(Cl)c3c(=O)[nH]nc(CN)c3c2)c(F)cc2ccccc12. The highest BCUT2D eigenvalue weighted by Gasteiger charge is 2.23. The number of rotatable bonds is 4. The van der Waals surface area contributed by atoms with Gasteiger partial charge in [0.05, 0.1) is 28.4 Å². The van der Waals surface area contributed by atoms with E-state index in [4.69, 9.17) is 29.6 Å². The first-order chi connectivity index (χ1) is 15.9. The van der Waals surface area contributed by atoms with Gasteiger partial charge in [-0.2, -0.15) is 5.10 Å². The lowest BCUT2D eigenvalue weighted by Crippen LogP contribution is -2.15. The molecule has 1 heterocycles. The Balaban J connectivity index is 2.01. The molecule has 4 rings (SSSR count). The van der Waals surface area contributed by atoms with E-state index in [1.807, 2.05) is 0 Å². The van der Waals surface area contributed by atoms with Crippen molar-refractivity contribution in [3.8, 4) is 0 Å². The number of allylic oxidation sites excluding steroid dienone is 1. The van der Waals surface area contributed by atoms with E-state index >= 15 is 4.39 Å². The number of aromatic amines is 1. The molecule has 9 heteroatoms. The molecule has 0 aliphatic heterocycles. The standard InChI is InChI=1S/C24H18ClFN6O/c1-29-22-14-6-4-3-5-12(14)9-18(26)21(22)23(30-2)16(10-27)13-7-15-19(11-28)31-32-24(33)20(15)17(25)8-13/h3-10H,11,27-28H2,2H3,(H,32,33)/b16-10-,30-23?. The second kappa shape index (κ2) is 8.82. The zero-order chi connectivity index (χ0) is 23.7. The molecule has 164 valence electrons. The zero-order valence-electron chi connectivity index (χ0n) is 17.5. The maximum Gasteiger partial charge on any atom is 0.273 e. The predicted molar refractivity (Wildman–Crippen MR) is 130 cm³/mol. The van der Waals surface area contributed by atoms with Crippen molar-refractivity contribution in [2.24, 2.45) is 16.5 Å². The smallest absolute Gasteiger partial charge is 0.273 e. The molecule has 0 saturated heterocycles. The molecule has 4 aromatic rings. The third kappa shape index (κ3) is 3.63. The van der Waals surface area contributed by atoms with Crippen molar-refractivity contribution in [3.05, 3.63) is 98.1 Å². The third-order valence-corrected chi connectivity index (χ3v) is 5.69. The molecular weight excluding hydrogens is 443 g/mol. The van der Waals surface area contributed by atoms with Crippen LogP contribution in [-0.4, -0.2) is 23.0 Å². The van der Waals surface area contributed by atoms with Crippen molar-refractivity contribution < 1.29 is 4.39 Å². The Morgan fingerprint density at radius 2 is 2.06 bits per heavy atom. The van der Waals surface area contributed by atoms with E-state index in [-0.39, 0.29) is 33.9 Å². The van der Waals surface area contributed by atoms with Gasteiger partial charge in [-0.15, -0.1) is 0 Å². The quantitative estimate of drug-likeness (QED) is 0.311. The summed E-state index contributed by atoms with van der Waals surface area (Å²) < 4.78 is 15.3. The number of aromatic nitrogens is 2. The summed E-state index contributed by atoms with van der Waals surface area (Å²) in [5.41, 5.74) is 12.9. The molecule has 33 heavy (non-hydrogen) atoms. The van der Waals surface area contributed by atoms with Gasteiger partial charge in [0.1, 0.15) is 5.82 Å². The highest BCUT2D eigenvalue weighted by molar-refractivity contribution is 6.38. The Hall–Kier alpha value is -4.06. The summed E-state index contributed by atoms with van der Waals surface area (Å²) in [5.74, 6) is -0.604. The summed E-state index contributed by atoms with van der Waals surface area (Å²) in [6.45, 7) is 7.78. The number of benzene rings is 3. The van der Waals surface area contributed by atoms with E-state index in [0.717, 1.165) is 0 Å². The van der Waals surface area contributed by atoms with Gasteiger partial charge >= 0.3 is 0 Å². The first-order valence-electron chi connectivity index (χ1n) is 9.84. The van der Waals surface area contributed by atoms with Gasteiger partial charge in [-0.1, -0.05) is 35.9 Å². The lowest BCUT2D eigenvalue weighted by Gasteiger charge is -2.16. The van der Waals surface area contributed by atoms with E-state index in [9.17, 15) is 4.79 Å². The lowest BCUT2D eigenvalue weighted by atomic mass is 9.91. The van der Waals surface area contributed by atoms with Crippen molar-refractivity contribution in [3.63, 3.8) is 0 Å². The Bertz CT molecular complexity index is 1580. The predicted octanol–water partition coefficient (Wildman–Crippen LogP) is 4.30. The van der Waals surface area contributed by atoms with Crippen LogP contribution in [0.15, 0.2) is 58.5 Å². The van der Waals surface area contributed by atoms with Crippen molar-refractivity contribution in [1.82, 2.24) is 10.2 Å². The van der Waals surface area contributed by atoms with Crippen LogP contribution < -0.4 is 17.0 Å². The molecule has 0 unspecified atom stereocenters.